The Labute approximate surface area is 216 Å². The van der Waals surface area contributed by atoms with Crippen molar-refractivity contribution in [2.75, 3.05) is 18.4 Å². The van der Waals surface area contributed by atoms with Gasteiger partial charge < -0.3 is 10.6 Å². The molecule has 1 aromatic heterocycles. The Kier molecular flexibility index (Phi) is 6.85. The van der Waals surface area contributed by atoms with Crippen molar-refractivity contribution in [3.8, 4) is 0 Å². The number of hydrogen-bond acceptors (Lipinski definition) is 5. The molecule has 0 unspecified atom stereocenters. The first-order valence-electron chi connectivity index (χ1n) is 11.7. The summed E-state index contributed by atoms with van der Waals surface area (Å²) in [5.74, 6) is -0.510. The predicted molar refractivity (Wildman–Crippen MR) is 145 cm³/mol. The summed E-state index contributed by atoms with van der Waals surface area (Å²) in [6.45, 7) is 11.9. The predicted octanol–water partition coefficient (Wildman–Crippen LogP) is 4.88. The summed E-state index contributed by atoms with van der Waals surface area (Å²) >= 11 is 1.41. The second-order valence-corrected chi connectivity index (χ2v) is 13.5. The Morgan fingerprint density at radius 2 is 1.64 bits per heavy atom. The van der Waals surface area contributed by atoms with Gasteiger partial charge in [-0.1, -0.05) is 52.5 Å². The summed E-state index contributed by atoms with van der Waals surface area (Å²) < 4.78 is 29.6. The van der Waals surface area contributed by atoms with E-state index in [1.807, 2.05) is 58.0 Å². The molecule has 0 radical (unpaired) electrons. The van der Waals surface area contributed by atoms with E-state index < -0.39 is 20.9 Å². The lowest BCUT2D eigenvalue weighted by atomic mass is 9.67. The van der Waals surface area contributed by atoms with Gasteiger partial charge in [0.2, 0.25) is 15.9 Å². The first kappa shape index (κ1) is 26.1. The number of nitrogens with one attached hydrogen (secondary N) is 2. The fraction of sp³-hybridized carbons (Fsp3) is 0.333. The third-order valence-electron chi connectivity index (χ3n) is 6.60. The molecule has 9 heteroatoms. The zero-order chi connectivity index (χ0) is 26.3. The number of anilines is 1. The second kappa shape index (κ2) is 9.46. The van der Waals surface area contributed by atoms with Crippen molar-refractivity contribution >= 4 is 48.9 Å². The molecule has 0 spiro atoms. The standard InChI is InChI=1S/C27H31N3O4S2/c1-6-23(31)29-25-26(2,3)16-30(17-27(25,4)5)36(33,34)20-13-11-19(12-14-20)28-24(32)22-15-18-9-7-8-10-21(18)35-22/h6-15,25H,1,16-17H2,2-5H3,(H,28,32)(H,29,31). The molecule has 0 aliphatic carbocycles. The van der Waals surface area contributed by atoms with Crippen LogP contribution in [0, 0.1) is 10.8 Å². The first-order valence-corrected chi connectivity index (χ1v) is 13.9. The van der Waals surface area contributed by atoms with Crippen LogP contribution in [0.2, 0.25) is 0 Å². The number of thiophene rings is 1. The second-order valence-electron chi connectivity index (χ2n) is 10.5. The van der Waals surface area contributed by atoms with Gasteiger partial charge in [0.15, 0.2) is 0 Å². The Morgan fingerprint density at radius 1 is 1.03 bits per heavy atom. The highest BCUT2D eigenvalue weighted by Crippen LogP contribution is 2.42. The number of carbonyl (C=O) groups excluding carboxylic acids is 2. The van der Waals surface area contributed by atoms with E-state index in [9.17, 15) is 18.0 Å². The summed E-state index contributed by atoms with van der Waals surface area (Å²) in [5, 5.41) is 6.85. The number of rotatable bonds is 6. The maximum atomic E-state index is 13.5. The maximum absolute atomic E-state index is 13.5. The van der Waals surface area contributed by atoms with Gasteiger partial charge in [0.05, 0.1) is 9.77 Å². The fourth-order valence-electron chi connectivity index (χ4n) is 5.11. The van der Waals surface area contributed by atoms with E-state index >= 15 is 0 Å². The minimum atomic E-state index is -3.79. The number of sulfonamides is 1. The van der Waals surface area contributed by atoms with E-state index in [1.54, 1.807) is 12.1 Å². The third kappa shape index (κ3) is 5.09. The number of benzene rings is 2. The molecule has 0 atom stereocenters. The van der Waals surface area contributed by atoms with Crippen LogP contribution in [0.1, 0.15) is 37.4 Å². The van der Waals surface area contributed by atoms with Crippen LogP contribution >= 0.6 is 11.3 Å². The highest BCUT2D eigenvalue weighted by molar-refractivity contribution is 7.89. The van der Waals surface area contributed by atoms with Gasteiger partial charge in [-0.3, -0.25) is 9.59 Å². The van der Waals surface area contributed by atoms with E-state index in [0.29, 0.717) is 10.6 Å². The lowest BCUT2D eigenvalue weighted by Crippen LogP contribution is -2.64. The van der Waals surface area contributed by atoms with Crippen LogP contribution < -0.4 is 10.6 Å². The van der Waals surface area contributed by atoms with Crippen LogP contribution in [-0.4, -0.2) is 43.7 Å². The smallest absolute Gasteiger partial charge is 0.265 e. The molecule has 190 valence electrons. The molecule has 0 saturated carbocycles. The number of nitrogens with zero attached hydrogens (tertiary/aromatic N) is 1. The maximum Gasteiger partial charge on any atom is 0.265 e. The van der Waals surface area contributed by atoms with E-state index in [4.69, 9.17) is 0 Å². The van der Waals surface area contributed by atoms with Gasteiger partial charge in [-0.05, 0) is 58.7 Å². The molecule has 1 aliphatic heterocycles. The Morgan fingerprint density at radius 3 is 2.22 bits per heavy atom. The minimum Gasteiger partial charge on any atom is -0.349 e. The van der Waals surface area contributed by atoms with Gasteiger partial charge >= 0.3 is 0 Å². The number of piperidine rings is 1. The average Bonchev–Trinajstić information content (AvgIpc) is 3.25. The van der Waals surface area contributed by atoms with Crippen molar-refractivity contribution in [3.63, 3.8) is 0 Å². The Balaban J connectivity index is 1.50. The summed E-state index contributed by atoms with van der Waals surface area (Å²) in [7, 11) is -3.79. The number of amides is 2. The molecule has 2 N–H and O–H groups in total. The van der Waals surface area contributed by atoms with Crippen molar-refractivity contribution in [3.05, 3.63) is 72.1 Å². The molecule has 4 rings (SSSR count). The highest BCUT2D eigenvalue weighted by Gasteiger charge is 2.50. The van der Waals surface area contributed by atoms with Crippen LogP contribution in [-0.2, 0) is 14.8 Å². The van der Waals surface area contributed by atoms with Gasteiger partial charge in [-0.15, -0.1) is 11.3 Å². The first-order chi connectivity index (χ1) is 16.8. The van der Waals surface area contributed by atoms with Crippen molar-refractivity contribution in [1.82, 2.24) is 9.62 Å². The topological polar surface area (TPSA) is 95.6 Å². The van der Waals surface area contributed by atoms with E-state index in [-0.39, 0.29) is 35.8 Å². The van der Waals surface area contributed by atoms with E-state index in [1.165, 1.54) is 33.9 Å². The van der Waals surface area contributed by atoms with Crippen LogP contribution in [0.3, 0.4) is 0 Å². The van der Waals surface area contributed by atoms with Gasteiger partial charge in [-0.2, -0.15) is 4.31 Å². The van der Waals surface area contributed by atoms with Crippen molar-refractivity contribution < 1.29 is 18.0 Å². The minimum absolute atomic E-state index is 0.155. The Hall–Kier alpha value is -3.01. The molecule has 1 fully saturated rings. The molecular weight excluding hydrogens is 494 g/mol. The van der Waals surface area contributed by atoms with Gasteiger partial charge in [0.25, 0.3) is 5.91 Å². The highest BCUT2D eigenvalue weighted by atomic mass is 32.2. The van der Waals surface area contributed by atoms with Crippen LogP contribution in [0.25, 0.3) is 10.1 Å². The van der Waals surface area contributed by atoms with E-state index in [0.717, 1.165) is 10.1 Å². The fourth-order valence-corrected chi connectivity index (χ4v) is 7.85. The van der Waals surface area contributed by atoms with Crippen LogP contribution in [0.15, 0.2) is 72.1 Å². The van der Waals surface area contributed by atoms with Gasteiger partial charge in [-0.25, -0.2) is 8.42 Å². The van der Waals surface area contributed by atoms with Crippen LogP contribution in [0.5, 0.6) is 0 Å². The van der Waals surface area contributed by atoms with Crippen molar-refractivity contribution in [1.29, 1.82) is 0 Å². The monoisotopic (exact) mass is 525 g/mol. The summed E-state index contributed by atoms with van der Waals surface area (Å²) in [4.78, 5) is 25.5. The van der Waals surface area contributed by atoms with Gasteiger partial charge in [0.1, 0.15) is 0 Å². The van der Waals surface area contributed by atoms with Crippen molar-refractivity contribution in [2.24, 2.45) is 10.8 Å². The summed E-state index contributed by atoms with van der Waals surface area (Å²) in [6.07, 6.45) is 1.23. The normalized spacial score (nSPS) is 18.0. The molecule has 1 aliphatic rings. The third-order valence-corrected chi connectivity index (χ3v) is 9.52. The molecule has 7 nitrogen and oxygen atoms in total. The van der Waals surface area contributed by atoms with E-state index in [2.05, 4.69) is 17.2 Å². The molecule has 0 bridgehead atoms. The molecule has 2 heterocycles. The quantitative estimate of drug-likeness (QED) is 0.449. The molecule has 36 heavy (non-hydrogen) atoms. The summed E-state index contributed by atoms with van der Waals surface area (Å²) in [5.41, 5.74) is -0.500. The molecular formula is C27H31N3O4S2. The largest absolute Gasteiger partial charge is 0.349 e. The molecule has 2 amide bonds. The Bertz CT molecular complexity index is 1370. The molecule has 3 aromatic rings. The number of carbonyl (C=O) groups is 2. The molecule has 2 aromatic carbocycles. The number of hydrogen-bond donors (Lipinski definition) is 2. The summed E-state index contributed by atoms with van der Waals surface area (Å²) in [6, 6.07) is 15.6. The lowest BCUT2D eigenvalue weighted by Gasteiger charge is -2.52. The van der Waals surface area contributed by atoms with Gasteiger partial charge in [0, 0.05) is 29.5 Å². The average molecular weight is 526 g/mol. The zero-order valence-corrected chi connectivity index (χ0v) is 22.5. The lowest BCUT2D eigenvalue weighted by molar-refractivity contribution is -0.120. The number of fused-ring (bicyclic) bond motifs is 1. The van der Waals surface area contributed by atoms with Crippen LogP contribution in [0.4, 0.5) is 5.69 Å². The zero-order valence-electron chi connectivity index (χ0n) is 20.9. The van der Waals surface area contributed by atoms with Crippen molar-refractivity contribution in [2.45, 2.75) is 38.6 Å². The molecule has 1 saturated heterocycles. The SMILES string of the molecule is C=CC(=O)NC1C(C)(C)CN(S(=O)(=O)c2ccc(NC(=O)c3cc4ccccc4s3)cc2)CC1(C)C.